The van der Waals surface area contributed by atoms with E-state index >= 15 is 0 Å². The molecule has 0 unspecified atom stereocenters. The van der Waals surface area contributed by atoms with Crippen LogP contribution in [-0.4, -0.2) is 12.6 Å². The number of nitrogen functional groups attached to an aromatic ring is 1. The molecule has 1 aromatic carbocycles. The number of nitriles is 1. The van der Waals surface area contributed by atoms with Crippen LogP contribution in [0.4, 0.5) is 18.9 Å². The molecule has 0 fully saturated rings. The number of nitrogens with zero attached hydrogens (tertiary/aromatic N) is 1. The smallest absolute Gasteiger partial charge is 0.277 e. The molecule has 18 heavy (non-hydrogen) atoms. The molecule has 2 N–H and O–H groups in total. The second-order valence-electron chi connectivity index (χ2n) is 4.33. The minimum absolute atomic E-state index is 0.148. The van der Waals surface area contributed by atoms with Gasteiger partial charge in [0.15, 0.2) is 0 Å². The van der Waals surface area contributed by atoms with Gasteiger partial charge in [-0.3, -0.25) is 0 Å². The lowest BCUT2D eigenvalue weighted by Gasteiger charge is -2.25. The molecule has 2 rings (SSSR count). The maximum Gasteiger partial charge on any atom is 0.277 e. The third-order valence-electron chi connectivity index (χ3n) is 2.97. The van der Waals surface area contributed by atoms with Gasteiger partial charge in [0, 0.05) is 29.1 Å². The van der Waals surface area contributed by atoms with Gasteiger partial charge in [-0.15, -0.1) is 0 Å². The zero-order valence-electron chi connectivity index (χ0n) is 9.46. The highest BCUT2D eigenvalue weighted by Crippen LogP contribution is 2.42. The Hall–Kier alpha value is -1.90. The molecule has 92 valence electrons. The van der Waals surface area contributed by atoms with Gasteiger partial charge in [0.1, 0.15) is 5.82 Å². The summed E-state index contributed by atoms with van der Waals surface area (Å²) in [5.41, 5.74) is 5.06. The molecule has 2 nitrogen and oxygen atoms in total. The topological polar surface area (TPSA) is 49.8 Å². The van der Waals surface area contributed by atoms with Gasteiger partial charge >= 0.3 is 0 Å². The summed E-state index contributed by atoms with van der Waals surface area (Å²) in [6.45, 7) is -0.722. The monoisotopic (exact) mass is 250 g/mol. The average Bonchev–Trinajstić information content (AvgIpc) is 2.29. The van der Waals surface area contributed by atoms with Crippen molar-refractivity contribution in [1.82, 2.24) is 0 Å². The van der Waals surface area contributed by atoms with E-state index in [-0.39, 0.29) is 23.1 Å². The molecule has 1 aromatic rings. The van der Waals surface area contributed by atoms with E-state index in [1.807, 2.05) is 5.97 Å². The van der Waals surface area contributed by atoms with Crippen molar-refractivity contribution in [2.45, 2.75) is 18.6 Å². The fraction of sp³-hybridized carbons (Fsp3) is 0.250. The predicted molar refractivity (Wildman–Crippen MR) is 64.7 cm³/mol. The minimum atomic E-state index is -3.18. The first-order valence-corrected chi connectivity index (χ1v) is 5.47. The number of allylic oxidation sites excluding steroid dienone is 2. The van der Waals surface area contributed by atoms with Gasteiger partial charge in [0.05, 0.1) is 0 Å². The van der Waals surface area contributed by atoms with Crippen LogP contribution in [0.5, 0.6) is 0 Å². The maximum atomic E-state index is 13.9. The minimum Gasteiger partial charge on any atom is -0.399 e. The van der Waals surface area contributed by atoms with E-state index in [1.54, 1.807) is 0 Å². The van der Waals surface area contributed by atoms with Gasteiger partial charge in [-0.25, -0.2) is 18.4 Å². The third kappa shape index (κ3) is 2.21. The van der Waals surface area contributed by atoms with Crippen LogP contribution in [0.15, 0.2) is 24.3 Å². The number of halogens is 3. The van der Waals surface area contributed by atoms with Crippen molar-refractivity contribution in [2.24, 2.45) is 0 Å². The van der Waals surface area contributed by atoms with Gasteiger partial charge in [-0.2, -0.15) is 0 Å². The zero-order valence-corrected chi connectivity index (χ0v) is 9.46. The maximum absolute atomic E-state index is 13.9. The highest BCUT2D eigenvalue weighted by atomic mass is 19.3. The Morgan fingerprint density at radius 3 is 2.67 bits per heavy atom. The van der Waals surface area contributed by atoms with E-state index in [9.17, 15) is 13.2 Å². The van der Waals surface area contributed by atoms with Crippen LogP contribution in [0, 0.1) is 17.0 Å². The molecule has 1 aliphatic rings. The van der Waals surface area contributed by atoms with Crippen LogP contribution in [0.3, 0.4) is 0 Å². The molecule has 0 bridgehead atoms. The Kier molecular flexibility index (Phi) is 3.08. The molecular formula is C12H10BF3N2. The largest absolute Gasteiger partial charge is 0.399 e. The Labute approximate surface area is 103 Å². The van der Waals surface area contributed by atoms with Crippen molar-refractivity contribution in [3.63, 3.8) is 0 Å². The summed E-state index contributed by atoms with van der Waals surface area (Å²) >= 11 is 0. The molecule has 0 saturated heterocycles. The summed E-state index contributed by atoms with van der Waals surface area (Å²) in [4.78, 5) is 0. The predicted octanol–water partition coefficient (Wildman–Crippen LogP) is 3.00. The molecule has 0 aromatic heterocycles. The van der Waals surface area contributed by atoms with E-state index in [4.69, 9.17) is 11.0 Å². The summed E-state index contributed by atoms with van der Waals surface area (Å²) in [5, 5.41) is 8.67. The number of anilines is 1. The lowest BCUT2D eigenvalue weighted by molar-refractivity contribution is 0.0869. The summed E-state index contributed by atoms with van der Waals surface area (Å²) in [5.74, 6) is -2.14. The third-order valence-corrected chi connectivity index (χ3v) is 2.97. The molecule has 0 amide bonds. The molecule has 0 spiro atoms. The molecule has 0 aliphatic carbocycles. The Balaban J connectivity index is 2.44. The summed E-state index contributed by atoms with van der Waals surface area (Å²) in [6, 6.07) is 3.64. The lowest BCUT2D eigenvalue weighted by Crippen LogP contribution is -2.30. The average molecular weight is 250 g/mol. The number of benzene rings is 1. The first-order valence-electron chi connectivity index (χ1n) is 5.47. The van der Waals surface area contributed by atoms with Crippen LogP contribution in [0.2, 0.25) is 12.6 Å². The molecule has 1 aliphatic heterocycles. The molecule has 0 saturated carbocycles. The fourth-order valence-electron chi connectivity index (χ4n) is 2.07. The second kappa shape index (κ2) is 4.41. The number of rotatable bonds is 1. The van der Waals surface area contributed by atoms with Crippen molar-refractivity contribution in [2.75, 3.05) is 5.73 Å². The van der Waals surface area contributed by atoms with Crippen molar-refractivity contribution < 1.29 is 13.2 Å². The summed E-state index contributed by atoms with van der Waals surface area (Å²) in [6.07, 6.45) is 0.885. The van der Waals surface area contributed by atoms with Gasteiger partial charge in [0.25, 0.3) is 12.6 Å². The zero-order chi connectivity index (χ0) is 13.3. The van der Waals surface area contributed by atoms with E-state index in [2.05, 4.69) is 0 Å². The fourth-order valence-corrected chi connectivity index (χ4v) is 2.07. The first kappa shape index (κ1) is 12.6. The van der Waals surface area contributed by atoms with Gasteiger partial charge in [0.2, 0.25) is 0 Å². The highest BCUT2D eigenvalue weighted by molar-refractivity contribution is 6.68. The first-order chi connectivity index (χ1) is 8.44. The molecule has 6 heteroatoms. The van der Waals surface area contributed by atoms with E-state index in [0.717, 1.165) is 6.07 Å². The van der Waals surface area contributed by atoms with E-state index in [0.29, 0.717) is 0 Å². The van der Waals surface area contributed by atoms with Crippen molar-refractivity contribution in [3.8, 4) is 5.97 Å². The van der Waals surface area contributed by atoms with Crippen LogP contribution in [0.25, 0.3) is 5.57 Å². The molecular weight excluding hydrogens is 240 g/mol. The van der Waals surface area contributed by atoms with Gasteiger partial charge in [-0.1, -0.05) is 6.08 Å². The molecule has 1 heterocycles. The second-order valence-corrected chi connectivity index (χ2v) is 4.33. The lowest BCUT2D eigenvalue weighted by atomic mass is 9.42. The summed E-state index contributed by atoms with van der Waals surface area (Å²) < 4.78 is 41.3. The molecule has 0 radical (unpaired) electrons. The van der Waals surface area contributed by atoms with E-state index < -0.39 is 24.8 Å². The Morgan fingerprint density at radius 1 is 1.39 bits per heavy atom. The molecule has 0 atom stereocenters. The normalized spacial score (nSPS) is 18.1. The van der Waals surface area contributed by atoms with Crippen LogP contribution in [-0.2, 0) is 0 Å². The van der Waals surface area contributed by atoms with Crippen molar-refractivity contribution in [1.29, 1.82) is 5.26 Å². The van der Waals surface area contributed by atoms with Crippen LogP contribution >= 0.6 is 0 Å². The van der Waals surface area contributed by atoms with Crippen molar-refractivity contribution >= 4 is 18.0 Å². The number of nitrogens with two attached hydrogens (primary N) is 1. The Bertz CT molecular complexity index is 549. The standard InChI is InChI=1S/C12H10BF3N2/c14-11-5-8(18)1-2-9(11)10-3-4-13(7-17)6-12(10,15)16/h1-3,5H,4,6,18H2. The van der Waals surface area contributed by atoms with Crippen molar-refractivity contribution in [3.05, 3.63) is 35.7 Å². The SMILES string of the molecule is N#CB1CC=C(c2ccc(N)cc2F)C(F)(F)C1. The number of hydrogen-bond acceptors (Lipinski definition) is 2. The highest BCUT2D eigenvalue weighted by Gasteiger charge is 2.42. The van der Waals surface area contributed by atoms with E-state index in [1.165, 1.54) is 18.2 Å². The van der Waals surface area contributed by atoms with Crippen LogP contribution in [0.1, 0.15) is 5.56 Å². The van der Waals surface area contributed by atoms with Gasteiger partial charge in [-0.05, 0) is 24.5 Å². The van der Waals surface area contributed by atoms with Gasteiger partial charge < -0.3 is 5.73 Å². The summed E-state index contributed by atoms with van der Waals surface area (Å²) in [7, 11) is 0. The number of hydrogen-bond donors (Lipinski definition) is 1. The van der Waals surface area contributed by atoms with Crippen LogP contribution < -0.4 is 5.73 Å². The Morgan fingerprint density at radius 2 is 2.11 bits per heavy atom. The quantitative estimate of drug-likeness (QED) is 0.615. The number of alkyl halides is 2.